The number of anilines is 1. The lowest BCUT2D eigenvalue weighted by Crippen LogP contribution is -2.50. The van der Waals surface area contributed by atoms with Gasteiger partial charge in [0.05, 0.1) is 28.6 Å². The number of benzene rings is 1. The summed E-state index contributed by atoms with van der Waals surface area (Å²) in [7, 11) is -3.19. The van der Waals surface area contributed by atoms with Crippen LogP contribution in [0.4, 0.5) is 19.1 Å². The van der Waals surface area contributed by atoms with Crippen LogP contribution in [0.15, 0.2) is 12.1 Å². The van der Waals surface area contributed by atoms with Gasteiger partial charge in [-0.25, -0.2) is 26.6 Å². The molecule has 1 aromatic heterocycles. The van der Waals surface area contributed by atoms with Crippen LogP contribution in [0, 0.1) is 11.6 Å². The Bertz CT molecular complexity index is 1140. The molecule has 0 spiro atoms. The fourth-order valence-electron chi connectivity index (χ4n) is 4.53. The zero-order chi connectivity index (χ0) is 23.2. The summed E-state index contributed by atoms with van der Waals surface area (Å²) in [6.45, 7) is 2.25. The van der Waals surface area contributed by atoms with Crippen LogP contribution in [0.1, 0.15) is 19.8 Å². The van der Waals surface area contributed by atoms with Crippen molar-refractivity contribution in [3.8, 4) is 0 Å². The van der Waals surface area contributed by atoms with Crippen LogP contribution in [0.3, 0.4) is 0 Å². The monoisotopic (exact) mass is 473 g/mol. The predicted octanol–water partition coefficient (Wildman–Crippen LogP) is 1.23. The number of carbonyl (C=O) groups excluding carboxylic acids is 1. The first-order valence-electron chi connectivity index (χ1n) is 10.6. The number of likely N-dealkylation sites (N-methyl/N-ethyl adjacent to an activating group) is 1. The van der Waals surface area contributed by atoms with Crippen molar-refractivity contribution in [2.24, 2.45) is 5.73 Å². The van der Waals surface area contributed by atoms with Crippen LogP contribution in [0.5, 0.6) is 0 Å². The summed E-state index contributed by atoms with van der Waals surface area (Å²) in [5.74, 6) is -2.29. The molecule has 1 unspecified atom stereocenters. The quantitative estimate of drug-likeness (QED) is 0.701. The van der Waals surface area contributed by atoms with Crippen molar-refractivity contribution in [3.63, 3.8) is 0 Å². The molecule has 1 aromatic carbocycles. The van der Waals surface area contributed by atoms with E-state index in [9.17, 15) is 26.4 Å². The van der Waals surface area contributed by atoms with E-state index in [0.717, 1.165) is 12.1 Å². The number of nitrogens with two attached hydrogens (primary N) is 1. The lowest BCUT2D eigenvalue weighted by atomic mass is 10.1. The molecule has 8 nitrogen and oxygen atoms in total. The second-order valence-electron chi connectivity index (χ2n) is 8.40. The van der Waals surface area contributed by atoms with E-state index >= 15 is 0 Å². The maximum absolute atomic E-state index is 14.0. The first-order valence-corrected chi connectivity index (χ1v) is 12.4. The van der Waals surface area contributed by atoms with E-state index in [2.05, 4.69) is 4.98 Å². The number of nitrogens with zero attached hydrogens (tertiary/aromatic N) is 4. The minimum absolute atomic E-state index is 0.0290. The maximum Gasteiger partial charge on any atom is 0.242 e. The fourth-order valence-corrected chi connectivity index (χ4v) is 6.26. The highest BCUT2D eigenvalue weighted by Gasteiger charge is 2.35. The van der Waals surface area contributed by atoms with Gasteiger partial charge in [0.1, 0.15) is 12.7 Å². The van der Waals surface area contributed by atoms with Gasteiger partial charge in [0.25, 0.3) is 0 Å². The Hall–Kier alpha value is -2.34. The Kier molecular flexibility index (Phi) is 6.10. The Balaban J connectivity index is 1.70. The van der Waals surface area contributed by atoms with Gasteiger partial charge in [0.2, 0.25) is 11.9 Å². The number of piperidine rings is 1. The van der Waals surface area contributed by atoms with Gasteiger partial charge in [-0.2, -0.15) is 0 Å². The lowest BCUT2D eigenvalue weighted by molar-refractivity contribution is -0.133. The second-order valence-corrected chi connectivity index (χ2v) is 10.6. The molecule has 12 heteroatoms. The molecular weight excluding hydrogens is 447 g/mol. The van der Waals surface area contributed by atoms with Gasteiger partial charge >= 0.3 is 0 Å². The van der Waals surface area contributed by atoms with Crippen LogP contribution >= 0.6 is 0 Å². The molecule has 2 aromatic rings. The van der Waals surface area contributed by atoms with E-state index in [-0.39, 0.29) is 60.4 Å². The summed E-state index contributed by atoms with van der Waals surface area (Å²) in [5, 5.41) is 0. The molecule has 176 valence electrons. The van der Waals surface area contributed by atoms with Gasteiger partial charge in [-0.3, -0.25) is 4.79 Å². The molecule has 3 heterocycles. The van der Waals surface area contributed by atoms with Crippen molar-refractivity contribution in [1.82, 2.24) is 14.5 Å². The molecule has 1 amide bonds. The van der Waals surface area contributed by atoms with E-state index in [1.54, 1.807) is 11.8 Å². The van der Waals surface area contributed by atoms with Crippen LogP contribution in [-0.2, 0) is 21.2 Å². The zero-order valence-corrected chi connectivity index (χ0v) is 18.5. The summed E-state index contributed by atoms with van der Waals surface area (Å²) in [6.07, 6.45) is -0.638. The van der Waals surface area contributed by atoms with E-state index in [1.165, 1.54) is 9.47 Å². The van der Waals surface area contributed by atoms with Crippen LogP contribution < -0.4 is 10.6 Å². The molecular formula is C20H26F3N5O3S. The molecule has 4 rings (SSSR count). The number of carbonyl (C=O) groups is 1. The standard InChI is InChI=1S/C20H26F3N5O3S/c1-2-27(12-4-6-32(30,31)11-12)19(29)10-28-18-8-15(23)14(22)7-17(18)25-20(28)26-5-3-13(21)16(24)9-26/h7-8,12-13,16H,2-6,9-11,24H2,1H3/t12?,13-,16-/m1/s1. The smallest absolute Gasteiger partial charge is 0.242 e. The van der Waals surface area contributed by atoms with Crippen molar-refractivity contribution in [2.75, 3.05) is 36.0 Å². The van der Waals surface area contributed by atoms with E-state index < -0.39 is 39.7 Å². The number of alkyl halides is 1. The summed E-state index contributed by atoms with van der Waals surface area (Å²) >= 11 is 0. The molecule has 2 N–H and O–H groups in total. The number of halogens is 3. The molecule has 0 radical (unpaired) electrons. The highest BCUT2D eigenvalue weighted by molar-refractivity contribution is 7.91. The molecule has 2 fully saturated rings. The largest absolute Gasteiger partial charge is 0.340 e. The number of hydrogen-bond donors (Lipinski definition) is 1. The Morgan fingerprint density at radius 3 is 2.62 bits per heavy atom. The van der Waals surface area contributed by atoms with E-state index in [1.807, 2.05) is 0 Å². The van der Waals surface area contributed by atoms with E-state index in [0.29, 0.717) is 13.0 Å². The fraction of sp³-hybridized carbons (Fsp3) is 0.600. The third kappa shape index (κ3) is 4.29. The van der Waals surface area contributed by atoms with Gasteiger partial charge < -0.3 is 20.1 Å². The lowest BCUT2D eigenvalue weighted by Gasteiger charge is -2.34. The molecule has 0 aliphatic carbocycles. The summed E-state index contributed by atoms with van der Waals surface area (Å²) < 4.78 is 67.0. The predicted molar refractivity (Wildman–Crippen MR) is 114 cm³/mol. The summed E-state index contributed by atoms with van der Waals surface area (Å²) in [5.41, 5.74) is 6.25. The van der Waals surface area contributed by atoms with Crippen LogP contribution in [-0.4, -0.2) is 78.2 Å². The Morgan fingerprint density at radius 2 is 2.00 bits per heavy atom. The molecule has 32 heavy (non-hydrogen) atoms. The summed E-state index contributed by atoms with van der Waals surface area (Å²) in [6, 6.07) is 0.752. The number of rotatable bonds is 5. The van der Waals surface area contributed by atoms with Crippen molar-refractivity contribution >= 4 is 32.7 Å². The van der Waals surface area contributed by atoms with Gasteiger partial charge in [0.15, 0.2) is 21.5 Å². The molecule has 0 bridgehead atoms. The normalized spacial score (nSPS) is 25.4. The molecule has 2 aliphatic rings. The minimum Gasteiger partial charge on any atom is -0.340 e. The molecule has 0 saturated carbocycles. The molecule has 2 aliphatic heterocycles. The van der Waals surface area contributed by atoms with Gasteiger partial charge in [-0.05, 0) is 19.8 Å². The van der Waals surface area contributed by atoms with Gasteiger partial charge in [-0.15, -0.1) is 0 Å². The minimum atomic E-state index is -3.19. The first-order chi connectivity index (χ1) is 15.1. The number of imidazole rings is 1. The average molecular weight is 474 g/mol. The summed E-state index contributed by atoms with van der Waals surface area (Å²) in [4.78, 5) is 20.8. The van der Waals surface area contributed by atoms with Gasteiger partial charge in [0, 0.05) is 37.8 Å². The topological polar surface area (TPSA) is 102 Å². The number of sulfone groups is 1. The Labute approximate surface area is 184 Å². The first kappa shape index (κ1) is 22.8. The van der Waals surface area contributed by atoms with E-state index in [4.69, 9.17) is 5.73 Å². The highest BCUT2D eigenvalue weighted by atomic mass is 32.2. The number of fused-ring (bicyclic) bond motifs is 1. The zero-order valence-electron chi connectivity index (χ0n) is 17.7. The number of amides is 1. The third-order valence-corrected chi connectivity index (χ3v) is 7.98. The average Bonchev–Trinajstić information content (AvgIpc) is 3.25. The van der Waals surface area contributed by atoms with Crippen molar-refractivity contribution in [3.05, 3.63) is 23.8 Å². The second kappa shape index (κ2) is 8.54. The van der Waals surface area contributed by atoms with Crippen LogP contribution in [0.2, 0.25) is 0 Å². The number of aromatic nitrogens is 2. The van der Waals surface area contributed by atoms with Gasteiger partial charge in [-0.1, -0.05) is 0 Å². The van der Waals surface area contributed by atoms with Crippen molar-refractivity contribution < 1.29 is 26.4 Å². The van der Waals surface area contributed by atoms with Crippen LogP contribution in [0.25, 0.3) is 11.0 Å². The number of hydrogen-bond acceptors (Lipinski definition) is 6. The van der Waals surface area contributed by atoms with Crippen molar-refractivity contribution in [1.29, 1.82) is 0 Å². The SMILES string of the molecule is CCN(C(=O)Cn1c(N2CC[C@@H](F)[C@H](N)C2)nc2cc(F)c(F)cc21)C1CCS(=O)(=O)C1. The third-order valence-electron chi connectivity index (χ3n) is 6.23. The molecule has 2 saturated heterocycles. The highest BCUT2D eigenvalue weighted by Crippen LogP contribution is 2.28. The van der Waals surface area contributed by atoms with Crippen molar-refractivity contribution in [2.45, 2.75) is 44.6 Å². The Morgan fingerprint density at radius 1 is 1.28 bits per heavy atom. The maximum atomic E-state index is 14.0. The molecule has 3 atom stereocenters.